The van der Waals surface area contributed by atoms with Crippen LogP contribution in [0.4, 0.5) is 0 Å². The molecule has 0 aliphatic carbocycles. The Morgan fingerprint density at radius 3 is 2.55 bits per heavy atom. The molecule has 22 heavy (non-hydrogen) atoms. The van der Waals surface area contributed by atoms with E-state index in [2.05, 4.69) is 15.9 Å². The van der Waals surface area contributed by atoms with Crippen LogP contribution in [0.25, 0.3) is 0 Å². The Kier molecular flexibility index (Phi) is 7.62. The summed E-state index contributed by atoms with van der Waals surface area (Å²) in [5.41, 5.74) is 5.40. The van der Waals surface area contributed by atoms with Crippen molar-refractivity contribution in [3.8, 4) is 5.75 Å². The van der Waals surface area contributed by atoms with Crippen molar-refractivity contribution in [1.29, 1.82) is 0 Å². The zero-order chi connectivity index (χ0) is 15.3. The highest BCUT2D eigenvalue weighted by molar-refractivity contribution is 9.10. The number of carbonyl (C=O) groups is 1. The smallest absolute Gasteiger partial charge is 0.242 e. The molecule has 1 aliphatic heterocycles. The van der Waals surface area contributed by atoms with Crippen molar-refractivity contribution in [2.75, 3.05) is 33.4 Å². The van der Waals surface area contributed by atoms with Gasteiger partial charge in [0.1, 0.15) is 12.4 Å². The monoisotopic (exact) mass is 392 g/mol. The largest absolute Gasteiger partial charge is 0.492 e. The van der Waals surface area contributed by atoms with Crippen molar-refractivity contribution in [3.63, 3.8) is 0 Å². The fourth-order valence-electron chi connectivity index (χ4n) is 2.26. The number of carbonyl (C=O) groups excluding carboxylic acids is 1. The van der Waals surface area contributed by atoms with Gasteiger partial charge in [0.05, 0.1) is 12.1 Å². The van der Waals surface area contributed by atoms with Gasteiger partial charge < -0.3 is 20.1 Å². The number of ether oxygens (including phenoxy) is 2. The van der Waals surface area contributed by atoms with E-state index in [1.54, 1.807) is 11.9 Å². The van der Waals surface area contributed by atoms with Crippen LogP contribution in [0.15, 0.2) is 28.7 Å². The number of benzene rings is 1. The number of nitrogens with two attached hydrogens (primary N) is 1. The molecule has 1 amide bonds. The molecule has 0 aromatic heterocycles. The molecule has 1 saturated heterocycles. The third-order valence-electron chi connectivity index (χ3n) is 3.67. The summed E-state index contributed by atoms with van der Waals surface area (Å²) in [4.78, 5) is 14.0. The summed E-state index contributed by atoms with van der Waals surface area (Å²) in [6, 6.07) is 7.60. The molecule has 5 nitrogen and oxygen atoms in total. The summed E-state index contributed by atoms with van der Waals surface area (Å²) in [5.74, 6) is 0.748. The fourth-order valence-corrected chi connectivity index (χ4v) is 2.53. The van der Waals surface area contributed by atoms with Gasteiger partial charge in [0.25, 0.3) is 0 Å². The molecule has 2 rings (SSSR count). The molecule has 0 bridgehead atoms. The highest BCUT2D eigenvalue weighted by Crippen LogP contribution is 2.20. The van der Waals surface area contributed by atoms with Crippen molar-refractivity contribution in [3.05, 3.63) is 28.7 Å². The molecular weight excluding hydrogens is 372 g/mol. The number of hydrogen-bond donors (Lipinski definition) is 1. The van der Waals surface area contributed by atoms with E-state index < -0.39 is 5.54 Å². The topological polar surface area (TPSA) is 64.8 Å². The Morgan fingerprint density at radius 2 is 1.95 bits per heavy atom. The van der Waals surface area contributed by atoms with Gasteiger partial charge in [0, 0.05) is 24.7 Å². The molecule has 1 heterocycles. The van der Waals surface area contributed by atoms with Crippen LogP contribution in [0.5, 0.6) is 5.75 Å². The van der Waals surface area contributed by atoms with Crippen molar-refractivity contribution < 1.29 is 14.3 Å². The van der Waals surface area contributed by atoms with Crippen LogP contribution in [0, 0.1) is 0 Å². The van der Waals surface area contributed by atoms with E-state index in [1.165, 1.54) is 0 Å². The summed E-state index contributed by atoms with van der Waals surface area (Å²) >= 11 is 3.37. The number of hydrogen-bond acceptors (Lipinski definition) is 4. The van der Waals surface area contributed by atoms with E-state index >= 15 is 0 Å². The SMILES string of the molecule is CN(CCOc1ccc(Br)cc1)C(=O)C1(N)CCOCC1.Cl. The first kappa shape index (κ1) is 19.2. The summed E-state index contributed by atoms with van der Waals surface area (Å²) < 4.78 is 11.9. The quantitative estimate of drug-likeness (QED) is 0.833. The lowest BCUT2D eigenvalue weighted by atomic mass is 9.90. The number of amides is 1. The highest BCUT2D eigenvalue weighted by Gasteiger charge is 2.37. The Bertz CT molecular complexity index is 478. The lowest BCUT2D eigenvalue weighted by Crippen LogP contribution is -2.57. The maximum absolute atomic E-state index is 12.4. The molecule has 1 aromatic carbocycles. The van der Waals surface area contributed by atoms with Crippen molar-refractivity contribution in [2.45, 2.75) is 18.4 Å². The first-order valence-corrected chi connectivity index (χ1v) is 7.81. The molecule has 2 N–H and O–H groups in total. The number of nitrogens with zero attached hydrogens (tertiary/aromatic N) is 1. The Morgan fingerprint density at radius 1 is 1.36 bits per heavy atom. The van der Waals surface area contributed by atoms with Gasteiger partial charge in [-0.2, -0.15) is 0 Å². The van der Waals surface area contributed by atoms with Gasteiger partial charge in [0.15, 0.2) is 0 Å². The van der Waals surface area contributed by atoms with Crippen LogP contribution in [-0.4, -0.2) is 49.8 Å². The van der Waals surface area contributed by atoms with Crippen LogP contribution in [0.2, 0.25) is 0 Å². The van der Waals surface area contributed by atoms with E-state index in [0.717, 1.165) is 10.2 Å². The second kappa shape index (κ2) is 8.72. The van der Waals surface area contributed by atoms with Crippen LogP contribution in [-0.2, 0) is 9.53 Å². The molecule has 0 spiro atoms. The lowest BCUT2D eigenvalue weighted by Gasteiger charge is -2.35. The summed E-state index contributed by atoms with van der Waals surface area (Å²) in [7, 11) is 1.76. The van der Waals surface area contributed by atoms with Crippen molar-refractivity contribution in [1.82, 2.24) is 4.90 Å². The lowest BCUT2D eigenvalue weighted by molar-refractivity contribution is -0.139. The second-order valence-corrected chi connectivity index (χ2v) is 6.21. The normalized spacial score (nSPS) is 16.5. The molecule has 124 valence electrons. The van der Waals surface area contributed by atoms with E-state index in [1.807, 2.05) is 24.3 Å². The highest BCUT2D eigenvalue weighted by atomic mass is 79.9. The summed E-state index contributed by atoms with van der Waals surface area (Å²) in [5, 5.41) is 0. The van der Waals surface area contributed by atoms with Crippen LogP contribution >= 0.6 is 28.3 Å². The minimum Gasteiger partial charge on any atom is -0.492 e. The minimum absolute atomic E-state index is 0. The van der Waals surface area contributed by atoms with Gasteiger partial charge in [-0.25, -0.2) is 0 Å². The Hall–Kier alpha value is -0.820. The maximum Gasteiger partial charge on any atom is 0.242 e. The molecule has 7 heteroatoms. The standard InChI is InChI=1S/C15H21BrN2O3.ClH/c1-18(14(19)15(17)6-9-20-10-7-15)8-11-21-13-4-2-12(16)3-5-13;/h2-5H,6-11,17H2,1H3;1H. The van der Waals surface area contributed by atoms with E-state index in [0.29, 0.717) is 39.2 Å². The molecule has 0 unspecified atom stereocenters. The predicted molar refractivity (Wildman–Crippen MR) is 91.5 cm³/mol. The number of halogens is 2. The van der Waals surface area contributed by atoms with Crippen LogP contribution in [0.1, 0.15) is 12.8 Å². The minimum atomic E-state index is -0.787. The van der Waals surface area contributed by atoms with Gasteiger partial charge in [-0.05, 0) is 37.1 Å². The summed E-state index contributed by atoms with van der Waals surface area (Å²) in [6.07, 6.45) is 1.15. The van der Waals surface area contributed by atoms with Crippen molar-refractivity contribution in [2.24, 2.45) is 5.73 Å². The average Bonchev–Trinajstić information content (AvgIpc) is 2.49. The van der Waals surface area contributed by atoms with Gasteiger partial charge >= 0.3 is 0 Å². The fraction of sp³-hybridized carbons (Fsp3) is 0.533. The molecule has 1 aromatic rings. The van der Waals surface area contributed by atoms with Gasteiger partial charge in [0.2, 0.25) is 5.91 Å². The third-order valence-corrected chi connectivity index (χ3v) is 4.20. The molecule has 1 aliphatic rings. The Balaban J connectivity index is 0.00000242. The first-order chi connectivity index (χ1) is 10.0. The molecular formula is C15H22BrClN2O3. The maximum atomic E-state index is 12.4. The second-order valence-electron chi connectivity index (χ2n) is 5.30. The van der Waals surface area contributed by atoms with E-state index in [9.17, 15) is 4.79 Å². The Labute approximate surface area is 145 Å². The molecule has 0 radical (unpaired) electrons. The van der Waals surface area contributed by atoms with Crippen molar-refractivity contribution >= 4 is 34.2 Å². The van der Waals surface area contributed by atoms with Gasteiger partial charge in [-0.3, -0.25) is 4.79 Å². The first-order valence-electron chi connectivity index (χ1n) is 7.02. The zero-order valence-corrected chi connectivity index (χ0v) is 15.0. The van der Waals surface area contributed by atoms with Gasteiger partial charge in [-0.15, -0.1) is 12.4 Å². The van der Waals surface area contributed by atoms with Gasteiger partial charge in [-0.1, -0.05) is 15.9 Å². The van der Waals surface area contributed by atoms with E-state index in [-0.39, 0.29) is 18.3 Å². The average molecular weight is 394 g/mol. The molecule has 0 atom stereocenters. The van der Waals surface area contributed by atoms with Crippen LogP contribution < -0.4 is 10.5 Å². The number of likely N-dealkylation sites (N-methyl/N-ethyl adjacent to an activating group) is 1. The van der Waals surface area contributed by atoms with Crippen LogP contribution in [0.3, 0.4) is 0 Å². The summed E-state index contributed by atoms with van der Waals surface area (Å²) in [6.45, 7) is 2.04. The van der Waals surface area contributed by atoms with E-state index in [4.69, 9.17) is 15.2 Å². The predicted octanol–water partition coefficient (Wildman–Crippen LogP) is 2.22. The molecule has 0 saturated carbocycles. The number of rotatable bonds is 5. The zero-order valence-electron chi connectivity index (χ0n) is 12.6. The third kappa shape index (κ3) is 5.12. The molecule has 1 fully saturated rings.